The number of amides is 1. The maximum atomic E-state index is 14.2. The first kappa shape index (κ1) is 13.8. The first-order valence-electron chi connectivity index (χ1n) is 6.37. The van der Waals surface area contributed by atoms with E-state index in [0.717, 1.165) is 12.8 Å². The fourth-order valence-corrected chi connectivity index (χ4v) is 1.95. The summed E-state index contributed by atoms with van der Waals surface area (Å²) in [6.07, 6.45) is 2.94. The Morgan fingerprint density at radius 3 is 2.81 bits per heavy atom. The molecule has 0 atom stereocenters. The van der Waals surface area contributed by atoms with Crippen LogP contribution in [0.2, 0.25) is 5.15 Å². The normalized spacial score (nSPS) is 14.0. The van der Waals surface area contributed by atoms with Crippen LogP contribution in [-0.4, -0.2) is 25.8 Å². The summed E-state index contributed by atoms with van der Waals surface area (Å²) < 4.78 is 14.2. The smallest absolute Gasteiger partial charge is 0.230 e. The van der Waals surface area contributed by atoms with E-state index in [1.54, 1.807) is 0 Å². The van der Waals surface area contributed by atoms with Gasteiger partial charge in [0, 0.05) is 12.0 Å². The molecule has 1 N–H and O–H groups in total. The minimum atomic E-state index is -0.603. The van der Waals surface area contributed by atoms with E-state index in [0.29, 0.717) is 0 Å². The van der Waals surface area contributed by atoms with Gasteiger partial charge in [-0.2, -0.15) is 0 Å². The highest BCUT2D eigenvalue weighted by molar-refractivity contribution is 6.29. The van der Waals surface area contributed by atoms with Crippen LogP contribution in [0.1, 0.15) is 18.5 Å². The lowest BCUT2D eigenvalue weighted by molar-refractivity contribution is -0.117. The summed E-state index contributed by atoms with van der Waals surface area (Å²) in [6, 6.07) is 1.40. The van der Waals surface area contributed by atoms with E-state index >= 15 is 0 Å². The predicted octanol–water partition coefficient (Wildman–Crippen LogP) is 2.38. The number of anilines is 1. The van der Waals surface area contributed by atoms with Crippen molar-refractivity contribution in [3.63, 3.8) is 0 Å². The van der Waals surface area contributed by atoms with E-state index in [4.69, 9.17) is 11.6 Å². The number of rotatable bonds is 3. The number of aromatic nitrogens is 4. The van der Waals surface area contributed by atoms with Gasteiger partial charge in [-0.15, -0.1) is 0 Å². The van der Waals surface area contributed by atoms with Gasteiger partial charge in [0.25, 0.3) is 0 Å². The van der Waals surface area contributed by atoms with Crippen molar-refractivity contribution in [2.45, 2.75) is 19.8 Å². The fraction of sp³-hybridized carbons (Fsp3) is 0.308. The lowest BCUT2D eigenvalue weighted by Gasteiger charge is -2.08. The Balaban J connectivity index is 1.99. The van der Waals surface area contributed by atoms with Crippen molar-refractivity contribution in [1.29, 1.82) is 0 Å². The largest absolute Gasteiger partial charge is 0.294 e. The molecule has 2 aromatic heterocycles. The molecule has 0 bridgehead atoms. The highest BCUT2D eigenvalue weighted by Crippen LogP contribution is 2.30. The topological polar surface area (TPSA) is 80.7 Å². The average Bonchev–Trinajstić information content (AvgIpc) is 3.27. The van der Waals surface area contributed by atoms with E-state index in [1.807, 2.05) is 0 Å². The van der Waals surface area contributed by atoms with E-state index in [2.05, 4.69) is 25.3 Å². The highest BCUT2D eigenvalue weighted by Gasteiger charge is 2.30. The van der Waals surface area contributed by atoms with Crippen molar-refractivity contribution >= 4 is 23.5 Å². The second-order valence-electron chi connectivity index (χ2n) is 4.78. The van der Waals surface area contributed by atoms with Crippen LogP contribution < -0.4 is 5.32 Å². The molecule has 1 aliphatic rings. The zero-order valence-electron chi connectivity index (χ0n) is 11.1. The van der Waals surface area contributed by atoms with Crippen LogP contribution in [0.3, 0.4) is 0 Å². The molecular weight excluding hydrogens is 297 g/mol. The Kier molecular flexibility index (Phi) is 3.50. The molecule has 0 saturated heterocycles. The quantitative estimate of drug-likeness (QED) is 0.881. The van der Waals surface area contributed by atoms with Crippen LogP contribution in [0.5, 0.6) is 0 Å². The molecule has 0 aromatic carbocycles. The van der Waals surface area contributed by atoms with Crippen molar-refractivity contribution in [2.24, 2.45) is 5.92 Å². The third-order valence-electron chi connectivity index (χ3n) is 3.08. The van der Waals surface area contributed by atoms with Gasteiger partial charge in [0.05, 0.1) is 11.4 Å². The average molecular weight is 308 g/mol. The lowest BCUT2D eigenvalue weighted by Crippen LogP contribution is -2.17. The number of hydrogen-bond acceptors (Lipinski definition) is 5. The Morgan fingerprint density at radius 2 is 2.14 bits per heavy atom. The van der Waals surface area contributed by atoms with Gasteiger partial charge in [-0.1, -0.05) is 11.6 Å². The van der Waals surface area contributed by atoms with E-state index < -0.39 is 5.82 Å². The second kappa shape index (κ2) is 5.33. The van der Waals surface area contributed by atoms with Gasteiger partial charge in [0.2, 0.25) is 11.9 Å². The first-order chi connectivity index (χ1) is 10.0. The summed E-state index contributed by atoms with van der Waals surface area (Å²) in [4.78, 5) is 27.4. The van der Waals surface area contributed by atoms with Crippen molar-refractivity contribution in [3.8, 4) is 11.4 Å². The number of carbonyl (C=O) groups excluding carboxylic acids is 1. The molecule has 1 aliphatic carbocycles. The zero-order valence-corrected chi connectivity index (χ0v) is 11.9. The van der Waals surface area contributed by atoms with Gasteiger partial charge in [-0.25, -0.2) is 24.3 Å². The molecule has 0 aliphatic heterocycles. The summed E-state index contributed by atoms with van der Waals surface area (Å²) in [7, 11) is 0. The van der Waals surface area contributed by atoms with Crippen LogP contribution in [0, 0.1) is 18.7 Å². The van der Waals surface area contributed by atoms with E-state index in [1.165, 1.54) is 19.3 Å². The van der Waals surface area contributed by atoms with Crippen LogP contribution in [0.25, 0.3) is 11.4 Å². The van der Waals surface area contributed by atoms with Crippen molar-refractivity contribution in [3.05, 3.63) is 29.1 Å². The van der Waals surface area contributed by atoms with Gasteiger partial charge in [0.1, 0.15) is 17.2 Å². The molecule has 1 fully saturated rings. The van der Waals surface area contributed by atoms with Crippen molar-refractivity contribution in [2.75, 3.05) is 5.32 Å². The molecular formula is C13H11ClFN5O. The summed E-state index contributed by atoms with van der Waals surface area (Å²) in [5.74, 6) is -0.673. The fourth-order valence-electron chi connectivity index (χ4n) is 1.81. The standard InChI is InChI=1S/C13H11ClFN5O/c1-6-10(15)11(8-4-9(14)17-5-16-8)19-13(18-6)20-12(21)7-2-3-7/h4-5,7H,2-3H2,1H3,(H,18,19,20,21). The summed E-state index contributed by atoms with van der Waals surface area (Å²) in [5.41, 5.74) is 0.346. The molecule has 2 aromatic rings. The molecule has 108 valence electrons. The molecule has 2 heterocycles. The maximum absolute atomic E-state index is 14.2. The third kappa shape index (κ3) is 2.97. The minimum absolute atomic E-state index is 0.0101. The molecule has 21 heavy (non-hydrogen) atoms. The lowest BCUT2D eigenvalue weighted by atomic mass is 10.2. The number of aryl methyl sites for hydroxylation is 1. The summed E-state index contributed by atoms with van der Waals surface area (Å²) in [5, 5.41) is 2.77. The summed E-state index contributed by atoms with van der Waals surface area (Å²) in [6.45, 7) is 1.50. The molecule has 3 rings (SSSR count). The maximum Gasteiger partial charge on any atom is 0.230 e. The van der Waals surface area contributed by atoms with Crippen molar-refractivity contribution < 1.29 is 9.18 Å². The Labute approximate surface area is 124 Å². The predicted molar refractivity (Wildman–Crippen MR) is 74.1 cm³/mol. The number of nitrogens with one attached hydrogen (secondary N) is 1. The van der Waals surface area contributed by atoms with Crippen LogP contribution in [0.15, 0.2) is 12.4 Å². The van der Waals surface area contributed by atoms with Gasteiger partial charge >= 0.3 is 0 Å². The molecule has 0 radical (unpaired) electrons. The summed E-state index contributed by atoms with van der Waals surface area (Å²) >= 11 is 5.77. The highest BCUT2D eigenvalue weighted by atomic mass is 35.5. The van der Waals surface area contributed by atoms with E-state index in [9.17, 15) is 9.18 Å². The third-order valence-corrected chi connectivity index (χ3v) is 3.28. The number of carbonyl (C=O) groups is 1. The Hall–Kier alpha value is -2.15. The molecule has 0 spiro atoms. The molecule has 0 unspecified atom stereocenters. The molecule has 1 saturated carbocycles. The van der Waals surface area contributed by atoms with Gasteiger partial charge < -0.3 is 0 Å². The molecule has 8 heteroatoms. The van der Waals surface area contributed by atoms with Gasteiger partial charge in [0.15, 0.2) is 5.82 Å². The number of nitrogens with zero attached hydrogens (tertiary/aromatic N) is 4. The zero-order chi connectivity index (χ0) is 15.0. The number of halogens is 2. The Morgan fingerprint density at radius 1 is 1.38 bits per heavy atom. The van der Waals surface area contributed by atoms with Crippen LogP contribution in [0.4, 0.5) is 10.3 Å². The minimum Gasteiger partial charge on any atom is -0.294 e. The molecule has 1 amide bonds. The SMILES string of the molecule is Cc1nc(NC(=O)C2CC2)nc(-c2cc(Cl)ncn2)c1F. The van der Waals surface area contributed by atoms with Crippen molar-refractivity contribution in [1.82, 2.24) is 19.9 Å². The van der Waals surface area contributed by atoms with Crippen LogP contribution >= 0.6 is 11.6 Å². The monoisotopic (exact) mass is 307 g/mol. The van der Waals surface area contributed by atoms with Gasteiger partial charge in [-0.3, -0.25) is 10.1 Å². The number of hydrogen-bond donors (Lipinski definition) is 1. The van der Waals surface area contributed by atoms with E-state index in [-0.39, 0.29) is 40.0 Å². The molecule has 6 nitrogen and oxygen atoms in total. The Bertz CT molecular complexity index is 720. The van der Waals surface area contributed by atoms with Crippen LogP contribution in [-0.2, 0) is 4.79 Å². The first-order valence-corrected chi connectivity index (χ1v) is 6.75. The second-order valence-corrected chi connectivity index (χ2v) is 5.17. The van der Waals surface area contributed by atoms with Gasteiger partial charge in [-0.05, 0) is 19.8 Å².